The molecular weight excluding hydrogens is 341 g/mol. The molecule has 3 fully saturated rings. The highest BCUT2D eigenvalue weighted by molar-refractivity contribution is 5.75. The summed E-state index contributed by atoms with van der Waals surface area (Å²) in [6, 6.07) is 6.61. The molecule has 0 unspecified atom stereocenters. The van der Waals surface area contributed by atoms with Gasteiger partial charge in [0.25, 0.3) is 0 Å². The van der Waals surface area contributed by atoms with Crippen LogP contribution >= 0.6 is 0 Å². The Kier molecular flexibility index (Phi) is 5.11. The van der Waals surface area contributed by atoms with Crippen LogP contribution in [0.1, 0.15) is 44.6 Å². The minimum Gasteiger partial charge on any atom is -0.462 e. The number of halogens is 1. The summed E-state index contributed by atoms with van der Waals surface area (Å²) in [6.07, 6.45) is 6.49. The Hall–Kier alpha value is -1.68. The van der Waals surface area contributed by atoms with E-state index < -0.39 is 0 Å². The fourth-order valence-corrected chi connectivity index (χ4v) is 5.63. The number of nitrogens with one attached hydrogen (secondary N) is 1. The lowest BCUT2D eigenvalue weighted by Crippen LogP contribution is -2.45. The van der Waals surface area contributed by atoms with Crippen LogP contribution in [0, 0.1) is 29.0 Å². The topological polar surface area (TPSA) is 38.3 Å². The second kappa shape index (κ2) is 7.38. The van der Waals surface area contributed by atoms with Gasteiger partial charge in [-0.05, 0) is 74.1 Å². The van der Waals surface area contributed by atoms with Crippen molar-refractivity contribution < 1.29 is 13.9 Å². The molecule has 0 aromatic heterocycles. The molecular formula is C23H30FNO2. The van der Waals surface area contributed by atoms with E-state index in [1.807, 2.05) is 12.1 Å². The van der Waals surface area contributed by atoms with E-state index in [1.165, 1.54) is 30.5 Å². The second-order valence-corrected chi connectivity index (χ2v) is 8.98. The predicted octanol–water partition coefficient (Wildman–Crippen LogP) is 4.27. The van der Waals surface area contributed by atoms with Crippen molar-refractivity contribution in [3.8, 4) is 0 Å². The number of ether oxygens (including phenoxy) is 1. The zero-order valence-corrected chi connectivity index (χ0v) is 16.2. The highest BCUT2D eigenvalue weighted by Crippen LogP contribution is 2.56. The molecule has 0 amide bonds. The molecule has 1 aromatic rings. The normalized spacial score (nSPS) is 35.5. The fraction of sp³-hybridized carbons (Fsp3) is 0.609. The maximum Gasteiger partial charge on any atom is 0.310 e. The summed E-state index contributed by atoms with van der Waals surface area (Å²) in [6.45, 7) is 8.15. The van der Waals surface area contributed by atoms with Gasteiger partial charge in [-0.25, -0.2) is 4.39 Å². The second-order valence-electron chi connectivity index (χ2n) is 8.98. The Morgan fingerprint density at radius 1 is 1.33 bits per heavy atom. The lowest BCUT2D eigenvalue weighted by molar-refractivity contribution is -0.146. The van der Waals surface area contributed by atoms with E-state index in [0.29, 0.717) is 18.4 Å². The van der Waals surface area contributed by atoms with Crippen LogP contribution < -0.4 is 5.32 Å². The third kappa shape index (κ3) is 3.69. The van der Waals surface area contributed by atoms with Gasteiger partial charge in [0.05, 0.1) is 5.92 Å². The molecule has 2 saturated carbocycles. The van der Waals surface area contributed by atoms with E-state index in [2.05, 4.69) is 18.8 Å². The van der Waals surface area contributed by atoms with Crippen LogP contribution in [0.25, 0.3) is 0 Å². The number of rotatable bonds is 5. The molecule has 2 aliphatic carbocycles. The van der Waals surface area contributed by atoms with Crippen molar-refractivity contribution in [3.63, 3.8) is 0 Å². The molecule has 0 bridgehead atoms. The summed E-state index contributed by atoms with van der Waals surface area (Å²) in [7, 11) is 0. The maximum atomic E-state index is 13.0. The highest BCUT2D eigenvalue weighted by atomic mass is 19.1. The van der Waals surface area contributed by atoms with Crippen molar-refractivity contribution in [2.45, 2.75) is 51.6 Å². The van der Waals surface area contributed by atoms with Crippen LogP contribution in [0.15, 0.2) is 36.4 Å². The summed E-state index contributed by atoms with van der Waals surface area (Å²) in [4.78, 5) is 12.5. The van der Waals surface area contributed by atoms with Crippen molar-refractivity contribution in [2.75, 3.05) is 13.1 Å². The zero-order valence-electron chi connectivity index (χ0n) is 16.2. The molecule has 0 radical (unpaired) electrons. The van der Waals surface area contributed by atoms with Gasteiger partial charge in [-0.3, -0.25) is 4.79 Å². The summed E-state index contributed by atoms with van der Waals surface area (Å²) < 4.78 is 18.8. The Bertz CT molecular complexity index is 716. The summed E-state index contributed by atoms with van der Waals surface area (Å²) in [5, 5.41) is 3.43. The number of fused-ring (bicyclic) bond motifs is 2. The van der Waals surface area contributed by atoms with Crippen molar-refractivity contribution in [3.05, 3.63) is 47.8 Å². The molecule has 3 aliphatic rings. The van der Waals surface area contributed by atoms with Crippen LogP contribution in [-0.4, -0.2) is 25.2 Å². The Labute approximate surface area is 161 Å². The number of benzene rings is 1. The van der Waals surface area contributed by atoms with Gasteiger partial charge in [-0.1, -0.05) is 31.2 Å². The van der Waals surface area contributed by atoms with Gasteiger partial charge in [-0.2, -0.15) is 0 Å². The van der Waals surface area contributed by atoms with Crippen molar-refractivity contribution in [1.82, 2.24) is 5.32 Å². The molecule has 1 N–H and O–H groups in total. The lowest BCUT2D eigenvalue weighted by atomic mass is 9.55. The third-order valence-electron chi connectivity index (χ3n) is 7.19. The average Bonchev–Trinajstić information content (AvgIpc) is 2.92. The molecule has 3 nitrogen and oxygen atoms in total. The molecule has 1 saturated heterocycles. The first kappa shape index (κ1) is 18.7. The fourth-order valence-electron chi connectivity index (χ4n) is 5.63. The van der Waals surface area contributed by atoms with Crippen LogP contribution in [0.3, 0.4) is 0 Å². The molecule has 27 heavy (non-hydrogen) atoms. The number of allylic oxidation sites excluding steroid dienone is 1. The van der Waals surface area contributed by atoms with E-state index >= 15 is 0 Å². The minimum absolute atomic E-state index is 0.0351. The van der Waals surface area contributed by atoms with Gasteiger partial charge in [-0.15, -0.1) is 0 Å². The van der Waals surface area contributed by atoms with Crippen molar-refractivity contribution in [2.24, 2.45) is 23.2 Å². The van der Waals surface area contributed by atoms with Crippen LogP contribution in [0.4, 0.5) is 4.39 Å². The van der Waals surface area contributed by atoms with E-state index in [0.717, 1.165) is 37.8 Å². The quantitative estimate of drug-likeness (QED) is 0.477. The molecule has 5 atom stereocenters. The van der Waals surface area contributed by atoms with E-state index in [4.69, 9.17) is 4.74 Å². The Morgan fingerprint density at radius 3 is 2.89 bits per heavy atom. The number of carbonyl (C=O) groups excluding carboxylic acids is 1. The number of hydrogen-bond donors (Lipinski definition) is 1. The molecule has 4 rings (SSSR count). The Morgan fingerprint density at radius 2 is 2.11 bits per heavy atom. The van der Waals surface area contributed by atoms with Crippen molar-refractivity contribution in [1.29, 1.82) is 0 Å². The summed E-state index contributed by atoms with van der Waals surface area (Å²) in [5.41, 5.74) is 2.73. The average molecular weight is 371 g/mol. The van der Waals surface area contributed by atoms with Gasteiger partial charge in [0.15, 0.2) is 0 Å². The largest absolute Gasteiger partial charge is 0.462 e. The number of hydrogen-bond acceptors (Lipinski definition) is 3. The van der Waals surface area contributed by atoms with E-state index in [9.17, 15) is 9.18 Å². The zero-order chi connectivity index (χ0) is 19.0. The molecule has 1 aliphatic heterocycles. The van der Waals surface area contributed by atoms with Crippen molar-refractivity contribution >= 4 is 5.97 Å². The Balaban J connectivity index is 1.34. The summed E-state index contributed by atoms with van der Waals surface area (Å²) in [5.74, 6) is 0.544. The highest BCUT2D eigenvalue weighted by Gasteiger charge is 2.54. The first-order valence-electron chi connectivity index (χ1n) is 10.3. The lowest BCUT2D eigenvalue weighted by Gasteiger charge is -2.50. The summed E-state index contributed by atoms with van der Waals surface area (Å²) >= 11 is 0. The van der Waals surface area contributed by atoms with Gasteiger partial charge in [0, 0.05) is 12.5 Å². The van der Waals surface area contributed by atoms with Crippen LogP contribution in [0.5, 0.6) is 0 Å². The first-order chi connectivity index (χ1) is 13.0. The third-order valence-corrected chi connectivity index (χ3v) is 7.19. The van der Waals surface area contributed by atoms with Gasteiger partial charge in [0.1, 0.15) is 11.9 Å². The molecule has 4 heteroatoms. The smallest absolute Gasteiger partial charge is 0.310 e. The number of esters is 1. The standard InChI is InChI=1S/C23H30FNO2/c1-15-4-3-10-23(2)13-21-18(12-20(15)23)19(22(26)27-21)14-25-11-9-16-5-7-17(24)8-6-16/h5-8,18-21,25H,1,3-4,9-14H2,2H3/t18-,19-,20-,21-,23-/m1/s1. The van der Waals surface area contributed by atoms with Gasteiger partial charge >= 0.3 is 5.97 Å². The van der Waals surface area contributed by atoms with Crippen LogP contribution in [-0.2, 0) is 16.0 Å². The molecule has 1 heterocycles. The number of carbonyl (C=O) groups is 1. The van der Waals surface area contributed by atoms with Gasteiger partial charge in [0.2, 0.25) is 0 Å². The monoisotopic (exact) mass is 371 g/mol. The first-order valence-corrected chi connectivity index (χ1v) is 10.3. The van der Waals surface area contributed by atoms with E-state index in [-0.39, 0.29) is 29.2 Å². The molecule has 0 spiro atoms. The van der Waals surface area contributed by atoms with Gasteiger partial charge < -0.3 is 10.1 Å². The molecule has 146 valence electrons. The van der Waals surface area contributed by atoms with E-state index in [1.54, 1.807) is 0 Å². The SMILES string of the molecule is C=C1CCC[C@]2(C)C[C@H]3OC(=O)[C@H](CNCCc4ccc(F)cc4)[C@H]3C[C@H]12. The van der Waals surface area contributed by atoms with Crippen LogP contribution in [0.2, 0.25) is 0 Å². The maximum absolute atomic E-state index is 13.0. The molecule has 1 aromatic carbocycles. The minimum atomic E-state index is -0.208. The predicted molar refractivity (Wildman–Crippen MR) is 104 cm³/mol.